The predicted octanol–water partition coefficient (Wildman–Crippen LogP) is 1.99. The molecule has 2 aromatic carbocycles. The summed E-state index contributed by atoms with van der Waals surface area (Å²) in [5.41, 5.74) is 0.608. The number of hydrogen-bond donors (Lipinski definition) is 2. The Hall–Kier alpha value is -4.65. The number of hydrogen-bond acceptors (Lipinski definition) is 13. The summed E-state index contributed by atoms with van der Waals surface area (Å²) in [5.74, 6) is -3.85. The van der Waals surface area contributed by atoms with Crippen molar-refractivity contribution in [1.29, 1.82) is 0 Å². The van der Waals surface area contributed by atoms with E-state index in [1.165, 1.54) is 24.3 Å². The topological polar surface area (TPSA) is 181 Å². The highest BCUT2D eigenvalue weighted by Crippen LogP contribution is 2.33. The van der Waals surface area contributed by atoms with Crippen LogP contribution in [0.4, 0.5) is 0 Å². The van der Waals surface area contributed by atoms with Gasteiger partial charge in [0.1, 0.15) is 30.0 Å². The second kappa shape index (κ2) is 13.6. The quantitative estimate of drug-likeness (QED) is 0.239. The van der Waals surface area contributed by atoms with Crippen LogP contribution in [0, 0.1) is 0 Å². The first kappa shape index (κ1) is 30.9. The van der Waals surface area contributed by atoms with Crippen LogP contribution in [0.5, 0.6) is 17.2 Å². The second-order valence-electron chi connectivity index (χ2n) is 9.13. The Labute approximate surface area is 234 Å². The Bertz CT molecular complexity index is 1290. The Morgan fingerprint density at radius 3 is 1.90 bits per heavy atom. The summed E-state index contributed by atoms with van der Waals surface area (Å²) in [4.78, 5) is 60.0. The number of ketones is 1. The van der Waals surface area contributed by atoms with E-state index in [1.807, 2.05) is 0 Å². The van der Waals surface area contributed by atoms with E-state index in [2.05, 4.69) is 0 Å². The third-order valence-electron chi connectivity index (χ3n) is 5.77. The van der Waals surface area contributed by atoms with E-state index in [1.54, 1.807) is 12.1 Å². The molecule has 0 unspecified atom stereocenters. The number of carbonyl (C=O) groups is 5. The van der Waals surface area contributed by atoms with Crippen LogP contribution >= 0.6 is 0 Å². The van der Waals surface area contributed by atoms with Crippen molar-refractivity contribution in [2.24, 2.45) is 0 Å². The standard InChI is InChI=1S/C28H30O13/c1-14(29)36-13-24-25(37-15(2)30)26(38-16(3)31)27(39-17(4)32)28(41-24)40-20-9-10-21(23(35)12-20)22(34)11-18-5-7-19(33)8-6-18/h5-10,12,24-28,33,35H,11,13H2,1-4H3/t24-,25-,26+,27+,28-/m0/s1. The molecular weight excluding hydrogens is 544 g/mol. The van der Waals surface area contributed by atoms with Gasteiger partial charge in [0, 0.05) is 40.2 Å². The lowest BCUT2D eigenvalue weighted by atomic mass is 9.98. The molecule has 2 N–H and O–H groups in total. The number of benzene rings is 2. The number of esters is 4. The molecule has 220 valence electrons. The molecule has 2 aromatic rings. The van der Waals surface area contributed by atoms with Crippen molar-refractivity contribution < 1.29 is 62.6 Å². The Morgan fingerprint density at radius 1 is 0.756 bits per heavy atom. The average molecular weight is 575 g/mol. The van der Waals surface area contributed by atoms with Gasteiger partial charge in [-0.2, -0.15) is 0 Å². The Kier molecular flexibility index (Phi) is 10.3. The zero-order valence-electron chi connectivity index (χ0n) is 22.7. The molecule has 0 aliphatic carbocycles. The molecule has 1 heterocycles. The second-order valence-corrected chi connectivity index (χ2v) is 9.13. The minimum Gasteiger partial charge on any atom is -0.508 e. The fourth-order valence-corrected chi connectivity index (χ4v) is 4.13. The van der Waals surface area contributed by atoms with Crippen molar-refractivity contribution in [3.05, 3.63) is 53.6 Å². The third-order valence-corrected chi connectivity index (χ3v) is 5.77. The SMILES string of the molecule is CC(=O)OC[C@@H]1O[C@H](Oc2ccc(C(=O)Cc3ccc(O)cc3)c(O)c2)[C@H](OC(C)=O)[C@H](OC(C)=O)[C@H]1OC(C)=O. The monoisotopic (exact) mass is 574 g/mol. The zero-order chi connectivity index (χ0) is 30.3. The summed E-state index contributed by atoms with van der Waals surface area (Å²) >= 11 is 0. The van der Waals surface area contributed by atoms with Gasteiger partial charge in [0.25, 0.3) is 0 Å². The molecule has 0 radical (unpaired) electrons. The predicted molar refractivity (Wildman–Crippen MR) is 137 cm³/mol. The molecule has 1 saturated heterocycles. The highest BCUT2D eigenvalue weighted by molar-refractivity contribution is 6.00. The molecule has 5 atom stereocenters. The molecule has 41 heavy (non-hydrogen) atoms. The third kappa shape index (κ3) is 8.67. The number of phenolic OH excluding ortho intramolecular Hbond substituents is 2. The van der Waals surface area contributed by atoms with Crippen LogP contribution in [-0.2, 0) is 49.3 Å². The summed E-state index contributed by atoms with van der Waals surface area (Å²) in [7, 11) is 0. The van der Waals surface area contributed by atoms with Crippen LogP contribution in [0.2, 0.25) is 0 Å². The maximum absolute atomic E-state index is 12.8. The molecular formula is C28H30O13. The molecule has 0 saturated carbocycles. The van der Waals surface area contributed by atoms with Crippen LogP contribution in [0.3, 0.4) is 0 Å². The molecule has 1 fully saturated rings. The fraction of sp³-hybridized carbons (Fsp3) is 0.393. The maximum Gasteiger partial charge on any atom is 0.303 e. The summed E-state index contributed by atoms with van der Waals surface area (Å²) < 4.78 is 32.8. The van der Waals surface area contributed by atoms with Crippen LogP contribution in [0.25, 0.3) is 0 Å². The summed E-state index contributed by atoms with van der Waals surface area (Å²) in [6.07, 6.45) is -7.02. The van der Waals surface area contributed by atoms with Crippen molar-refractivity contribution in [1.82, 2.24) is 0 Å². The van der Waals surface area contributed by atoms with Crippen LogP contribution < -0.4 is 4.74 Å². The van der Waals surface area contributed by atoms with E-state index >= 15 is 0 Å². The van der Waals surface area contributed by atoms with E-state index < -0.39 is 72.7 Å². The first-order chi connectivity index (χ1) is 19.3. The van der Waals surface area contributed by atoms with E-state index in [9.17, 15) is 34.2 Å². The first-order valence-corrected chi connectivity index (χ1v) is 12.4. The highest BCUT2D eigenvalue weighted by atomic mass is 16.7. The van der Waals surface area contributed by atoms with Gasteiger partial charge >= 0.3 is 23.9 Å². The van der Waals surface area contributed by atoms with Gasteiger partial charge in [-0.25, -0.2) is 0 Å². The molecule has 3 rings (SSSR count). The number of aromatic hydroxyl groups is 2. The molecule has 13 heteroatoms. The molecule has 0 bridgehead atoms. The van der Waals surface area contributed by atoms with Crippen molar-refractivity contribution in [3.8, 4) is 17.2 Å². The lowest BCUT2D eigenvalue weighted by Crippen LogP contribution is -2.63. The number of carbonyl (C=O) groups excluding carboxylic acids is 5. The van der Waals surface area contributed by atoms with Crippen LogP contribution in [0.1, 0.15) is 43.6 Å². The van der Waals surface area contributed by atoms with Crippen LogP contribution in [0.15, 0.2) is 42.5 Å². The zero-order valence-corrected chi connectivity index (χ0v) is 22.7. The summed E-state index contributed by atoms with van der Waals surface area (Å²) in [5, 5.41) is 20.0. The van der Waals surface area contributed by atoms with E-state index in [0.29, 0.717) is 5.56 Å². The molecule has 0 spiro atoms. The van der Waals surface area contributed by atoms with Crippen molar-refractivity contribution >= 4 is 29.7 Å². The van der Waals surface area contributed by atoms with Gasteiger partial charge in [0.15, 0.2) is 18.0 Å². The largest absolute Gasteiger partial charge is 0.508 e. The number of rotatable bonds is 10. The average Bonchev–Trinajstić information content (AvgIpc) is 2.87. The summed E-state index contributed by atoms with van der Waals surface area (Å²) in [6.45, 7) is 4.00. The van der Waals surface area contributed by atoms with Crippen molar-refractivity contribution in [3.63, 3.8) is 0 Å². The van der Waals surface area contributed by atoms with E-state index in [0.717, 1.165) is 33.8 Å². The summed E-state index contributed by atoms with van der Waals surface area (Å²) in [6, 6.07) is 9.84. The minimum absolute atomic E-state index is 0.00744. The van der Waals surface area contributed by atoms with Gasteiger partial charge in [-0.1, -0.05) is 12.1 Å². The highest BCUT2D eigenvalue weighted by Gasteiger charge is 2.53. The minimum atomic E-state index is -1.51. The van der Waals surface area contributed by atoms with Gasteiger partial charge in [-0.3, -0.25) is 24.0 Å². The van der Waals surface area contributed by atoms with Gasteiger partial charge < -0.3 is 38.6 Å². The Balaban J connectivity index is 1.90. The first-order valence-electron chi connectivity index (χ1n) is 12.4. The number of ether oxygens (including phenoxy) is 6. The maximum atomic E-state index is 12.8. The van der Waals surface area contributed by atoms with Crippen molar-refractivity contribution in [2.45, 2.75) is 64.8 Å². The number of Topliss-reactive ketones (excluding diaryl/α,β-unsaturated/α-hetero) is 1. The lowest BCUT2D eigenvalue weighted by Gasteiger charge is -2.43. The fourth-order valence-electron chi connectivity index (χ4n) is 4.13. The molecule has 13 nitrogen and oxygen atoms in total. The van der Waals surface area contributed by atoms with Gasteiger partial charge in [0.05, 0.1) is 5.56 Å². The lowest BCUT2D eigenvalue weighted by molar-refractivity contribution is -0.288. The van der Waals surface area contributed by atoms with E-state index in [4.69, 9.17) is 28.4 Å². The molecule has 0 aromatic heterocycles. The van der Waals surface area contributed by atoms with E-state index in [-0.39, 0.29) is 23.5 Å². The van der Waals surface area contributed by atoms with Gasteiger partial charge in [0.2, 0.25) is 12.4 Å². The van der Waals surface area contributed by atoms with Crippen molar-refractivity contribution in [2.75, 3.05) is 6.61 Å². The smallest absolute Gasteiger partial charge is 0.303 e. The van der Waals surface area contributed by atoms with Gasteiger partial charge in [-0.15, -0.1) is 0 Å². The normalized spacial score (nSPS) is 21.7. The van der Waals surface area contributed by atoms with Gasteiger partial charge in [-0.05, 0) is 29.8 Å². The van der Waals surface area contributed by atoms with Crippen LogP contribution in [-0.4, -0.2) is 77.2 Å². The Morgan fingerprint density at radius 2 is 1.34 bits per heavy atom. The molecule has 1 aliphatic heterocycles. The molecule has 0 amide bonds. The molecule has 1 aliphatic rings. The number of phenols is 2.